The topological polar surface area (TPSA) is 76.3 Å². The zero-order valence-corrected chi connectivity index (χ0v) is 19.0. The Balaban J connectivity index is 1.40. The van der Waals surface area contributed by atoms with Crippen molar-refractivity contribution < 1.29 is 18.6 Å². The van der Waals surface area contributed by atoms with Gasteiger partial charge in [0.15, 0.2) is 5.65 Å². The molecule has 4 aromatic rings. The molecule has 0 bridgehead atoms. The molecular weight excluding hydrogens is 452 g/mol. The lowest BCUT2D eigenvalue weighted by molar-refractivity contribution is 0.0271. The lowest BCUT2D eigenvalue weighted by Crippen LogP contribution is -2.40. The summed E-state index contributed by atoms with van der Waals surface area (Å²) in [6.45, 7) is 5.10. The standard InChI is InChI=1S/C26H25F2N5O2/c1-2-23(34)32-12-4-6-19(32)15-33-26-22(14-29-16-30-26)24(31-33)17-8-10-20(11-9-17)35-21-7-3-5-18(13-21)25(27)28/h2-3,5,7-11,13-14,16,19,23,25,34H,1,4,6,12,15H2. The maximum absolute atomic E-state index is 13.0. The molecule has 1 aliphatic heterocycles. The number of likely N-dealkylation sites (tertiary alicyclic amines) is 1. The number of fused-ring (bicyclic) bond motifs is 1. The summed E-state index contributed by atoms with van der Waals surface area (Å²) in [5.74, 6) is 0.877. The van der Waals surface area contributed by atoms with Gasteiger partial charge in [-0.2, -0.15) is 5.10 Å². The number of hydrogen-bond acceptors (Lipinski definition) is 6. The number of hydrogen-bond donors (Lipinski definition) is 1. The van der Waals surface area contributed by atoms with Gasteiger partial charge in [0, 0.05) is 29.9 Å². The predicted octanol–water partition coefficient (Wildman–Crippen LogP) is 5.19. The smallest absolute Gasteiger partial charge is 0.263 e. The van der Waals surface area contributed by atoms with Gasteiger partial charge >= 0.3 is 0 Å². The van der Waals surface area contributed by atoms with E-state index in [4.69, 9.17) is 9.84 Å². The highest BCUT2D eigenvalue weighted by Crippen LogP contribution is 2.31. The highest BCUT2D eigenvalue weighted by Gasteiger charge is 2.29. The average Bonchev–Trinajstić information content (AvgIpc) is 3.49. The van der Waals surface area contributed by atoms with Gasteiger partial charge in [-0.1, -0.05) is 18.7 Å². The minimum atomic E-state index is -2.55. The number of alkyl halides is 2. The van der Waals surface area contributed by atoms with Crippen LogP contribution in [0.4, 0.5) is 8.78 Å². The zero-order chi connectivity index (χ0) is 24.4. The molecule has 1 fully saturated rings. The lowest BCUT2D eigenvalue weighted by Gasteiger charge is -2.27. The summed E-state index contributed by atoms with van der Waals surface area (Å²) in [4.78, 5) is 10.7. The third-order valence-electron chi connectivity index (χ3n) is 6.24. The van der Waals surface area contributed by atoms with E-state index in [0.29, 0.717) is 18.0 Å². The number of aliphatic hydroxyl groups is 1. The Bertz CT molecular complexity index is 1330. The van der Waals surface area contributed by atoms with Gasteiger partial charge in [0.05, 0.1) is 11.9 Å². The second-order valence-electron chi connectivity index (χ2n) is 8.47. The molecule has 7 nitrogen and oxygen atoms in total. The van der Waals surface area contributed by atoms with Crippen LogP contribution in [0.5, 0.6) is 11.5 Å². The highest BCUT2D eigenvalue weighted by atomic mass is 19.3. The van der Waals surface area contributed by atoms with Gasteiger partial charge in [0.1, 0.15) is 29.7 Å². The maximum atomic E-state index is 13.0. The summed E-state index contributed by atoms with van der Waals surface area (Å²) in [6, 6.07) is 13.3. The van der Waals surface area contributed by atoms with Gasteiger partial charge in [-0.05, 0) is 55.3 Å². The molecular formula is C26H25F2N5O2. The van der Waals surface area contributed by atoms with Crippen LogP contribution in [-0.2, 0) is 6.54 Å². The van der Waals surface area contributed by atoms with Gasteiger partial charge < -0.3 is 9.84 Å². The minimum absolute atomic E-state index is 0.0856. The molecule has 0 amide bonds. The van der Waals surface area contributed by atoms with Crippen molar-refractivity contribution in [2.75, 3.05) is 6.54 Å². The summed E-state index contributed by atoms with van der Waals surface area (Å²) < 4.78 is 33.6. The SMILES string of the molecule is C=CC(O)N1CCCC1Cn1nc(-c2ccc(Oc3cccc(C(F)F)c3)cc2)c2cncnc21. The van der Waals surface area contributed by atoms with Crippen LogP contribution in [0.2, 0.25) is 0 Å². The molecule has 2 aromatic carbocycles. The molecule has 2 atom stereocenters. The van der Waals surface area contributed by atoms with Crippen molar-refractivity contribution in [1.82, 2.24) is 24.6 Å². The fourth-order valence-corrected chi connectivity index (χ4v) is 4.53. The molecule has 0 aliphatic carbocycles. The van der Waals surface area contributed by atoms with Crippen molar-refractivity contribution in [3.63, 3.8) is 0 Å². The molecule has 1 aliphatic rings. The van der Waals surface area contributed by atoms with Crippen molar-refractivity contribution in [3.05, 3.63) is 79.3 Å². The van der Waals surface area contributed by atoms with Crippen molar-refractivity contribution in [1.29, 1.82) is 0 Å². The summed E-state index contributed by atoms with van der Waals surface area (Å²) >= 11 is 0. The quantitative estimate of drug-likeness (QED) is 0.352. The van der Waals surface area contributed by atoms with E-state index < -0.39 is 12.7 Å². The molecule has 3 heterocycles. The molecule has 0 spiro atoms. The van der Waals surface area contributed by atoms with E-state index in [1.54, 1.807) is 36.5 Å². The third kappa shape index (κ3) is 4.78. The summed E-state index contributed by atoms with van der Waals surface area (Å²) in [5, 5.41) is 15.9. The fourth-order valence-electron chi connectivity index (χ4n) is 4.53. The highest BCUT2D eigenvalue weighted by molar-refractivity contribution is 5.90. The van der Waals surface area contributed by atoms with Gasteiger partial charge in [-0.15, -0.1) is 0 Å². The van der Waals surface area contributed by atoms with Crippen LogP contribution >= 0.6 is 0 Å². The molecule has 2 unspecified atom stereocenters. The van der Waals surface area contributed by atoms with E-state index in [1.165, 1.54) is 18.5 Å². The Morgan fingerprint density at radius 3 is 2.77 bits per heavy atom. The number of halogens is 2. The van der Waals surface area contributed by atoms with E-state index >= 15 is 0 Å². The van der Waals surface area contributed by atoms with Crippen LogP contribution in [0, 0.1) is 0 Å². The largest absolute Gasteiger partial charge is 0.457 e. The number of aliphatic hydroxyl groups excluding tert-OH is 1. The zero-order valence-electron chi connectivity index (χ0n) is 19.0. The van der Waals surface area contributed by atoms with Crippen LogP contribution in [0.3, 0.4) is 0 Å². The number of nitrogens with zero attached hydrogens (tertiary/aromatic N) is 5. The molecule has 35 heavy (non-hydrogen) atoms. The maximum Gasteiger partial charge on any atom is 0.263 e. The fraction of sp³-hybridized carbons (Fsp3) is 0.269. The van der Waals surface area contributed by atoms with E-state index in [1.807, 2.05) is 21.7 Å². The van der Waals surface area contributed by atoms with E-state index in [-0.39, 0.29) is 11.6 Å². The van der Waals surface area contributed by atoms with Gasteiger partial charge in [0.25, 0.3) is 6.43 Å². The van der Waals surface area contributed by atoms with Crippen LogP contribution in [-0.4, -0.2) is 48.6 Å². The number of rotatable bonds is 8. The molecule has 1 saturated heterocycles. The third-order valence-corrected chi connectivity index (χ3v) is 6.24. The first-order chi connectivity index (χ1) is 17.0. The Kier molecular flexibility index (Phi) is 6.52. The number of ether oxygens (including phenoxy) is 1. The van der Waals surface area contributed by atoms with Crippen LogP contribution in [0.1, 0.15) is 24.8 Å². The molecule has 5 rings (SSSR count). The van der Waals surface area contributed by atoms with Crippen molar-refractivity contribution >= 4 is 11.0 Å². The lowest BCUT2D eigenvalue weighted by atomic mass is 10.1. The molecule has 180 valence electrons. The molecule has 9 heteroatoms. The Labute approximate surface area is 201 Å². The summed E-state index contributed by atoms with van der Waals surface area (Å²) in [5.41, 5.74) is 2.23. The van der Waals surface area contributed by atoms with Gasteiger partial charge in [-0.3, -0.25) is 4.90 Å². The molecule has 0 radical (unpaired) electrons. The second kappa shape index (κ2) is 9.89. The number of aromatic nitrogens is 4. The molecule has 2 aromatic heterocycles. The van der Waals surface area contributed by atoms with E-state index in [9.17, 15) is 13.9 Å². The van der Waals surface area contributed by atoms with Crippen LogP contribution in [0.15, 0.2) is 73.7 Å². The van der Waals surface area contributed by atoms with Gasteiger partial charge in [-0.25, -0.2) is 23.4 Å². The normalized spacial score (nSPS) is 17.2. The van der Waals surface area contributed by atoms with Crippen molar-refractivity contribution in [2.45, 2.75) is 38.1 Å². The molecule has 1 N–H and O–H groups in total. The number of benzene rings is 2. The van der Waals surface area contributed by atoms with E-state index in [0.717, 1.165) is 41.7 Å². The Hall–Kier alpha value is -3.69. The van der Waals surface area contributed by atoms with Crippen LogP contribution < -0.4 is 4.74 Å². The minimum Gasteiger partial charge on any atom is -0.457 e. The van der Waals surface area contributed by atoms with Crippen LogP contribution in [0.25, 0.3) is 22.3 Å². The first-order valence-corrected chi connectivity index (χ1v) is 11.4. The summed E-state index contributed by atoms with van der Waals surface area (Å²) in [7, 11) is 0. The first kappa shape index (κ1) is 23.1. The predicted molar refractivity (Wildman–Crippen MR) is 128 cm³/mol. The first-order valence-electron chi connectivity index (χ1n) is 11.4. The van der Waals surface area contributed by atoms with E-state index in [2.05, 4.69) is 16.5 Å². The second-order valence-corrected chi connectivity index (χ2v) is 8.47. The Morgan fingerprint density at radius 2 is 2.00 bits per heavy atom. The average molecular weight is 478 g/mol. The monoisotopic (exact) mass is 477 g/mol. The van der Waals surface area contributed by atoms with Gasteiger partial charge in [0.2, 0.25) is 0 Å². The summed E-state index contributed by atoms with van der Waals surface area (Å²) in [6.07, 6.45) is 3.49. The van der Waals surface area contributed by atoms with Crippen molar-refractivity contribution in [2.24, 2.45) is 0 Å². The van der Waals surface area contributed by atoms with Crippen molar-refractivity contribution in [3.8, 4) is 22.8 Å². The Morgan fingerprint density at radius 1 is 1.17 bits per heavy atom. The molecule has 0 saturated carbocycles.